The summed E-state index contributed by atoms with van der Waals surface area (Å²) in [5.41, 5.74) is 14.3. The van der Waals surface area contributed by atoms with Gasteiger partial charge in [-0.3, -0.25) is 4.79 Å². The summed E-state index contributed by atoms with van der Waals surface area (Å²) < 4.78 is 11.4. The van der Waals surface area contributed by atoms with E-state index in [9.17, 15) is 4.79 Å². The number of hydrogen-bond acceptors (Lipinski definition) is 7. The van der Waals surface area contributed by atoms with E-state index in [1.807, 2.05) is 36.4 Å². The van der Waals surface area contributed by atoms with Gasteiger partial charge in [0.25, 0.3) is 0 Å². The Morgan fingerprint density at radius 2 is 1.64 bits per heavy atom. The molecule has 0 aliphatic rings. The highest BCUT2D eigenvalue weighted by atomic mass is 35.5. The van der Waals surface area contributed by atoms with E-state index in [0.29, 0.717) is 48.4 Å². The maximum absolute atomic E-state index is 10.6. The topological polar surface area (TPSA) is 134 Å². The summed E-state index contributed by atoms with van der Waals surface area (Å²) >= 11 is 6.14. The Bertz CT molecular complexity index is 1090. The number of anilines is 2. The van der Waals surface area contributed by atoms with Crippen LogP contribution in [0.5, 0.6) is 11.5 Å². The lowest BCUT2D eigenvalue weighted by Gasteiger charge is -2.13. The molecule has 8 nitrogen and oxygen atoms in total. The Labute approximate surface area is 197 Å². The number of aliphatic carboxylic acids is 1. The molecule has 0 fully saturated rings. The van der Waals surface area contributed by atoms with Gasteiger partial charge < -0.3 is 26.0 Å². The highest BCUT2D eigenvalue weighted by Gasteiger charge is 2.14. The van der Waals surface area contributed by atoms with Crippen LogP contribution in [0.25, 0.3) is 11.1 Å². The van der Waals surface area contributed by atoms with Crippen molar-refractivity contribution in [2.24, 2.45) is 0 Å². The van der Waals surface area contributed by atoms with Crippen molar-refractivity contribution in [3.63, 3.8) is 0 Å². The molecule has 0 aliphatic heterocycles. The molecule has 0 spiro atoms. The molecule has 0 radical (unpaired) electrons. The van der Waals surface area contributed by atoms with Gasteiger partial charge in [-0.1, -0.05) is 29.8 Å². The highest BCUT2D eigenvalue weighted by Crippen LogP contribution is 2.31. The van der Waals surface area contributed by atoms with Crippen LogP contribution in [0.3, 0.4) is 0 Å². The molecule has 2 aromatic carbocycles. The number of carboxylic acids is 1. The van der Waals surface area contributed by atoms with Crippen molar-refractivity contribution in [1.29, 1.82) is 0 Å². The van der Waals surface area contributed by atoms with Gasteiger partial charge in [-0.15, -0.1) is 0 Å². The molecule has 3 aromatic rings. The summed E-state index contributed by atoms with van der Waals surface area (Å²) in [7, 11) is 0. The van der Waals surface area contributed by atoms with Gasteiger partial charge in [0.2, 0.25) is 5.95 Å². The first-order valence-electron chi connectivity index (χ1n) is 10.7. The maximum Gasteiger partial charge on any atom is 0.303 e. The number of carbonyl (C=O) groups is 1. The SMILES string of the molecule is Nc1nc(N)c(-c2cccc(Cl)c2)c(CCCCOc2cccc(OCCCC(=O)O)c2)n1. The molecule has 0 atom stereocenters. The third-order valence-electron chi connectivity index (χ3n) is 4.83. The fraction of sp³-hybridized carbons (Fsp3) is 0.292. The summed E-state index contributed by atoms with van der Waals surface area (Å²) in [6.07, 6.45) is 2.81. The Hall–Kier alpha value is -3.52. The van der Waals surface area contributed by atoms with Gasteiger partial charge >= 0.3 is 5.97 Å². The van der Waals surface area contributed by atoms with Crippen molar-refractivity contribution in [2.75, 3.05) is 24.7 Å². The summed E-state index contributed by atoms with van der Waals surface area (Å²) in [5, 5.41) is 9.29. The van der Waals surface area contributed by atoms with Crippen molar-refractivity contribution in [2.45, 2.75) is 32.1 Å². The van der Waals surface area contributed by atoms with E-state index in [4.69, 9.17) is 37.6 Å². The molecular formula is C24H27ClN4O4. The average Bonchev–Trinajstić information content (AvgIpc) is 2.76. The normalized spacial score (nSPS) is 10.7. The predicted octanol–water partition coefficient (Wildman–Crippen LogP) is 4.61. The molecule has 0 saturated heterocycles. The van der Waals surface area contributed by atoms with Crippen LogP contribution in [0.15, 0.2) is 48.5 Å². The van der Waals surface area contributed by atoms with E-state index in [1.54, 1.807) is 12.1 Å². The Morgan fingerprint density at radius 3 is 2.33 bits per heavy atom. The summed E-state index contributed by atoms with van der Waals surface area (Å²) in [6.45, 7) is 0.862. The number of benzene rings is 2. The van der Waals surface area contributed by atoms with Gasteiger partial charge in [0, 0.05) is 23.1 Å². The van der Waals surface area contributed by atoms with Crippen molar-refractivity contribution in [1.82, 2.24) is 9.97 Å². The second-order valence-electron chi connectivity index (χ2n) is 7.43. The molecule has 174 valence electrons. The molecule has 0 bridgehead atoms. The molecule has 33 heavy (non-hydrogen) atoms. The van der Waals surface area contributed by atoms with Crippen LogP contribution in [0.1, 0.15) is 31.4 Å². The number of rotatable bonds is 12. The maximum atomic E-state index is 10.6. The number of hydrogen-bond donors (Lipinski definition) is 3. The second kappa shape index (κ2) is 11.9. The van der Waals surface area contributed by atoms with Gasteiger partial charge in [0.1, 0.15) is 17.3 Å². The lowest BCUT2D eigenvalue weighted by atomic mass is 10.0. The summed E-state index contributed by atoms with van der Waals surface area (Å²) in [5.74, 6) is 0.987. The molecule has 3 rings (SSSR count). The third kappa shape index (κ3) is 7.54. The van der Waals surface area contributed by atoms with E-state index >= 15 is 0 Å². The number of nitrogen functional groups attached to an aromatic ring is 2. The summed E-state index contributed by atoms with van der Waals surface area (Å²) in [4.78, 5) is 19.1. The number of ether oxygens (including phenoxy) is 2. The van der Waals surface area contributed by atoms with Crippen LogP contribution >= 0.6 is 11.6 Å². The Balaban J connectivity index is 1.52. The molecular weight excluding hydrogens is 444 g/mol. The van der Waals surface area contributed by atoms with Gasteiger partial charge in [-0.2, -0.15) is 4.98 Å². The Morgan fingerprint density at radius 1 is 0.939 bits per heavy atom. The van der Waals surface area contributed by atoms with Gasteiger partial charge in [-0.05, 0) is 55.5 Å². The van der Waals surface area contributed by atoms with Gasteiger partial charge in [0.05, 0.1) is 18.9 Å². The van der Waals surface area contributed by atoms with Crippen LogP contribution < -0.4 is 20.9 Å². The summed E-state index contributed by atoms with van der Waals surface area (Å²) in [6, 6.07) is 14.7. The number of aryl methyl sites for hydroxylation is 1. The minimum Gasteiger partial charge on any atom is -0.493 e. The first-order valence-corrected chi connectivity index (χ1v) is 11.1. The molecule has 0 aliphatic carbocycles. The zero-order chi connectivity index (χ0) is 23.6. The monoisotopic (exact) mass is 470 g/mol. The predicted molar refractivity (Wildman–Crippen MR) is 129 cm³/mol. The standard InChI is InChI=1S/C24H27ClN4O4/c25-17-7-3-6-16(14-17)22-20(28-24(27)29-23(22)26)10-1-2-12-32-18-8-4-9-19(15-18)33-13-5-11-21(30)31/h3-4,6-9,14-15H,1-2,5,10-13H2,(H,30,31)(H4,26,27,28,29). The number of nitrogens with two attached hydrogens (primary N) is 2. The lowest BCUT2D eigenvalue weighted by molar-refractivity contribution is -0.137. The molecule has 9 heteroatoms. The number of unbranched alkanes of at least 4 members (excludes halogenated alkanes) is 1. The smallest absolute Gasteiger partial charge is 0.303 e. The minimum atomic E-state index is -0.831. The van der Waals surface area contributed by atoms with E-state index in [1.165, 1.54) is 0 Å². The molecule has 0 saturated carbocycles. The molecule has 1 aromatic heterocycles. The minimum absolute atomic E-state index is 0.0822. The average molecular weight is 471 g/mol. The van der Waals surface area contributed by atoms with Crippen LogP contribution in [-0.2, 0) is 11.2 Å². The number of halogens is 1. The van der Waals surface area contributed by atoms with E-state index in [-0.39, 0.29) is 12.4 Å². The van der Waals surface area contributed by atoms with Crippen molar-refractivity contribution in [3.05, 3.63) is 59.2 Å². The fourth-order valence-electron chi connectivity index (χ4n) is 3.34. The van der Waals surface area contributed by atoms with Crippen LogP contribution in [0.4, 0.5) is 11.8 Å². The molecule has 0 amide bonds. The fourth-order valence-corrected chi connectivity index (χ4v) is 3.53. The van der Waals surface area contributed by atoms with Crippen molar-refractivity contribution >= 4 is 29.3 Å². The van der Waals surface area contributed by atoms with Gasteiger partial charge in [-0.25, -0.2) is 4.98 Å². The number of aromatic nitrogens is 2. The van der Waals surface area contributed by atoms with Crippen LogP contribution in [0.2, 0.25) is 5.02 Å². The molecule has 0 unspecified atom stereocenters. The van der Waals surface area contributed by atoms with E-state index in [0.717, 1.165) is 29.7 Å². The lowest BCUT2D eigenvalue weighted by Crippen LogP contribution is -2.07. The van der Waals surface area contributed by atoms with Crippen LogP contribution in [0, 0.1) is 0 Å². The van der Waals surface area contributed by atoms with E-state index in [2.05, 4.69) is 9.97 Å². The van der Waals surface area contributed by atoms with E-state index < -0.39 is 5.97 Å². The Kier molecular flexibility index (Phi) is 8.71. The number of nitrogens with zero attached hydrogens (tertiary/aromatic N) is 2. The highest BCUT2D eigenvalue weighted by molar-refractivity contribution is 6.30. The van der Waals surface area contributed by atoms with Gasteiger partial charge in [0.15, 0.2) is 0 Å². The first-order chi connectivity index (χ1) is 15.9. The molecule has 1 heterocycles. The zero-order valence-corrected chi connectivity index (χ0v) is 18.9. The third-order valence-corrected chi connectivity index (χ3v) is 5.06. The van der Waals surface area contributed by atoms with Crippen molar-refractivity contribution < 1.29 is 19.4 Å². The number of carboxylic acid groups (broad SMARTS) is 1. The zero-order valence-electron chi connectivity index (χ0n) is 18.2. The van der Waals surface area contributed by atoms with Crippen LogP contribution in [-0.4, -0.2) is 34.3 Å². The largest absolute Gasteiger partial charge is 0.493 e. The first kappa shape index (κ1) is 24.1. The quantitative estimate of drug-likeness (QED) is 0.327. The van der Waals surface area contributed by atoms with Crippen molar-refractivity contribution in [3.8, 4) is 22.6 Å². The molecule has 5 N–H and O–H groups in total. The second-order valence-corrected chi connectivity index (χ2v) is 7.86.